The number of hydrogen-bond acceptors (Lipinski definition) is 7. The van der Waals surface area contributed by atoms with Crippen LogP contribution in [0.1, 0.15) is 6.92 Å². The molecule has 0 radical (unpaired) electrons. The van der Waals surface area contributed by atoms with Gasteiger partial charge in [-0.3, -0.25) is 4.52 Å². The minimum Gasteiger partial charge on any atom is -0.382 e. The number of nitrogens with two attached hydrogens (primary N) is 1. The fraction of sp³-hybridized carbons (Fsp3) is 0.267. The fourth-order valence-electron chi connectivity index (χ4n) is 2.18. The van der Waals surface area contributed by atoms with Crippen LogP contribution in [0.4, 0.5) is 5.82 Å². The summed E-state index contributed by atoms with van der Waals surface area (Å²) in [6.45, 7) is 2.38. The van der Waals surface area contributed by atoms with E-state index in [1.807, 2.05) is 29.7 Å². The van der Waals surface area contributed by atoms with Gasteiger partial charge in [-0.05, 0) is 23.6 Å². The summed E-state index contributed by atoms with van der Waals surface area (Å²) < 4.78 is 24.7. The number of anilines is 1. The van der Waals surface area contributed by atoms with Crippen molar-refractivity contribution >= 4 is 25.0 Å². The maximum absolute atomic E-state index is 11.9. The van der Waals surface area contributed by atoms with Crippen molar-refractivity contribution in [3.8, 4) is 5.75 Å². The fourth-order valence-corrected chi connectivity index (χ4v) is 2.96. The minimum atomic E-state index is -1.93. The molecule has 0 bridgehead atoms. The van der Waals surface area contributed by atoms with E-state index in [0.717, 1.165) is 0 Å². The van der Waals surface area contributed by atoms with Crippen LogP contribution in [0.5, 0.6) is 5.75 Å². The Labute approximate surface area is 139 Å². The largest absolute Gasteiger partial charge is 0.585 e. The average molecular weight is 346 g/mol. The predicted octanol–water partition coefficient (Wildman–Crippen LogP) is 2.59. The highest BCUT2D eigenvalue weighted by atomic mass is 31.1. The number of rotatable bonds is 7. The zero-order valence-corrected chi connectivity index (χ0v) is 14.0. The van der Waals surface area contributed by atoms with E-state index in [9.17, 15) is 4.57 Å². The molecule has 2 heterocycles. The van der Waals surface area contributed by atoms with Crippen LogP contribution in [-0.4, -0.2) is 32.0 Å². The van der Waals surface area contributed by atoms with E-state index in [0.29, 0.717) is 29.3 Å². The Kier molecular flexibility index (Phi) is 4.98. The summed E-state index contributed by atoms with van der Waals surface area (Å²) in [5.74, 6) is 0.898. The molecule has 3 rings (SSSR count). The first-order valence-electron chi connectivity index (χ1n) is 7.34. The van der Waals surface area contributed by atoms with Crippen LogP contribution in [-0.2, 0) is 15.8 Å². The first kappa shape index (κ1) is 16.3. The lowest BCUT2D eigenvalue weighted by Crippen LogP contribution is -2.16. The lowest BCUT2D eigenvalue weighted by Gasteiger charge is -2.10. The third kappa shape index (κ3) is 3.84. The van der Waals surface area contributed by atoms with E-state index in [1.165, 1.54) is 6.33 Å². The van der Waals surface area contributed by atoms with Crippen LogP contribution in [0.15, 0.2) is 43.0 Å². The molecule has 2 unspecified atom stereocenters. The summed E-state index contributed by atoms with van der Waals surface area (Å²) in [5, 5.41) is 0. The topological polar surface area (TPSA) is 105 Å². The Morgan fingerprint density at radius 1 is 1.25 bits per heavy atom. The van der Waals surface area contributed by atoms with Crippen LogP contribution in [0.3, 0.4) is 0 Å². The van der Waals surface area contributed by atoms with Gasteiger partial charge >= 0.3 is 8.03 Å². The number of hydrogen-bond donors (Lipinski definition) is 1. The van der Waals surface area contributed by atoms with Crippen molar-refractivity contribution in [2.24, 2.45) is 0 Å². The number of imidazole rings is 1. The molecule has 0 spiro atoms. The minimum absolute atomic E-state index is 0.00907. The Morgan fingerprint density at radius 3 is 2.83 bits per heavy atom. The summed E-state index contributed by atoms with van der Waals surface area (Å²) >= 11 is 0. The number of ether oxygens (including phenoxy) is 1. The van der Waals surface area contributed by atoms with Crippen molar-refractivity contribution in [2.75, 3.05) is 12.1 Å². The van der Waals surface area contributed by atoms with Gasteiger partial charge in [0.25, 0.3) is 6.35 Å². The molecule has 9 heteroatoms. The van der Waals surface area contributed by atoms with Gasteiger partial charge in [-0.1, -0.05) is 18.2 Å². The smallest absolute Gasteiger partial charge is 0.382 e. The van der Waals surface area contributed by atoms with E-state index in [1.54, 1.807) is 18.5 Å². The molecular weight excluding hydrogens is 329 g/mol. The summed E-state index contributed by atoms with van der Waals surface area (Å²) in [5.41, 5.74) is 6.96. The molecule has 0 aliphatic heterocycles. The van der Waals surface area contributed by atoms with E-state index in [2.05, 4.69) is 15.0 Å². The number of para-hydroxylation sites is 1. The SMILES string of the molecule is CC(Cn1cnc2c(N)ncnc21)OC[P+](=O)Oc1ccccc1. The van der Waals surface area contributed by atoms with Gasteiger partial charge in [0.05, 0.1) is 19.0 Å². The van der Waals surface area contributed by atoms with Crippen molar-refractivity contribution in [1.82, 2.24) is 19.5 Å². The molecule has 8 nitrogen and oxygen atoms in total. The van der Waals surface area contributed by atoms with Crippen molar-refractivity contribution in [3.05, 3.63) is 43.0 Å². The molecule has 0 aliphatic carbocycles. The van der Waals surface area contributed by atoms with Crippen LogP contribution < -0.4 is 10.3 Å². The maximum Gasteiger partial charge on any atom is 0.585 e. The number of aromatic nitrogens is 4. The van der Waals surface area contributed by atoms with Crippen molar-refractivity contribution in [2.45, 2.75) is 19.6 Å². The maximum atomic E-state index is 11.9. The van der Waals surface area contributed by atoms with Gasteiger partial charge in [0.2, 0.25) is 0 Å². The molecular formula is C15H17N5O3P+. The lowest BCUT2D eigenvalue weighted by atomic mass is 10.3. The molecule has 0 aliphatic rings. The van der Waals surface area contributed by atoms with Gasteiger partial charge in [0.1, 0.15) is 11.8 Å². The second kappa shape index (κ2) is 7.33. The van der Waals surface area contributed by atoms with E-state index >= 15 is 0 Å². The quantitative estimate of drug-likeness (QED) is 0.655. The summed E-state index contributed by atoms with van der Waals surface area (Å²) in [6, 6.07) is 9.00. The zero-order chi connectivity index (χ0) is 16.9. The summed E-state index contributed by atoms with van der Waals surface area (Å²) in [6.07, 6.45) is 2.84. The molecule has 3 aromatic rings. The monoisotopic (exact) mass is 346 g/mol. The molecule has 0 amide bonds. The van der Waals surface area contributed by atoms with Crippen molar-refractivity contribution in [1.29, 1.82) is 0 Å². The molecule has 1 aromatic carbocycles. The molecule has 2 N–H and O–H groups in total. The summed E-state index contributed by atoms with van der Waals surface area (Å²) in [7, 11) is -1.93. The third-order valence-corrected chi connectivity index (χ3v) is 4.07. The normalized spacial score (nSPS) is 13.0. The van der Waals surface area contributed by atoms with Gasteiger partial charge in [0.15, 0.2) is 17.2 Å². The Bertz CT molecular complexity index is 840. The highest BCUT2D eigenvalue weighted by Gasteiger charge is 2.21. The standard InChI is InChI=1S/C15H17N5O3P/c1-11(22-10-24(21)23-12-5-3-2-4-6-12)7-20-9-19-13-14(16)17-8-18-15(13)20/h2-6,8-9,11H,7,10H2,1H3,(H2,16,17,18)/q+1. The highest BCUT2D eigenvalue weighted by molar-refractivity contribution is 7.39. The van der Waals surface area contributed by atoms with Gasteiger partial charge < -0.3 is 15.0 Å². The molecule has 2 atom stereocenters. The Morgan fingerprint density at radius 2 is 2.04 bits per heavy atom. The number of benzene rings is 1. The number of nitrogen functional groups attached to an aromatic ring is 1. The molecule has 24 heavy (non-hydrogen) atoms. The number of fused-ring (bicyclic) bond motifs is 1. The first-order valence-corrected chi connectivity index (χ1v) is 8.70. The van der Waals surface area contributed by atoms with E-state index in [-0.39, 0.29) is 12.5 Å². The van der Waals surface area contributed by atoms with Crippen molar-refractivity contribution < 1.29 is 13.8 Å². The van der Waals surface area contributed by atoms with E-state index < -0.39 is 8.03 Å². The molecule has 0 saturated heterocycles. The van der Waals surface area contributed by atoms with Crippen molar-refractivity contribution in [3.63, 3.8) is 0 Å². The average Bonchev–Trinajstić information content (AvgIpc) is 2.98. The lowest BCUT2D eigenvalue weighted by molar-refractivity contribution is 0.0852. The predicted molar refractivity (Wildman–Crippen MR) is 89.8 cm³/mol. The first-order chi connectivity index (χ1) is 11.6. The van der Waals surface area contributed by atoms with Gasteiger partial charge in [-0.25, -0.2) is 15.0 Å². The second-order valence-electron chi connectivity index (χ2n) is 5.17. The molecule has 2 aromatic heterocycles. The van der Waals surface area contributed by atoms with Gasteiger partial charge in [-0.2, -0.15) is 0 Å². The summed E-state index contributed by atoms with van der Waals surface area (Å²) in [4.78, 5) is 12.3. The van der Waals surface area contributed by atoms with Crippen LogP contribution in [0.25, 0.3) is 11.2 Å². The van der Waals surface area contributed by atoms with E-state index in [4.69, 9.17) is 15.0 Å². The Hall–Kier alpha value is -2.57. The van der Waals surface area contributed by atoms with Crippen LogP contribution in [0, 0.1) is 0 Å². The van der Waals surface area contributed by atoms with Crippen LogP contribution >= 0.6 is 8.03 Å². The molecule has 124 valence electrons. The Balaban J connectivity index is 1.54. The molecule has 0 fully saturated rings. The van der Waals surface area contributed by atoms with Gasteiger partial charge in [-0.15, -0.1) is 0 Å². The second-order valence-corrected chi connectivity index (χ2v) is 6.28. The third-order valence-electron chi connectivity index (χ3n) is 3.30. The highest BCUT2D eigenvalue weighted by Crippen LogP contribution is 2.27. The zero-order valence-electron chi connectivity index (χ0n) is 13.1. The van der Waals surface area contributed by atoms with Gasteiger partial charge in [0, 0.05) is 0 Å². The number of nitrogens with zero attached hydrogens (tertiary/aromatic N) is 4. The van der Waals surface area contributed by atoms with Crippen LogP contribution in [0.2, 0.25) is 0 Å². The molecule has 0 saturated carbocycles.